The van der Waals surface area contributed by atoms with E-state index in [0.29, 0.717) is 11.5 Å². The van der Waals surface area contributed by atoms with Crippen molar-refractivity contribution in [1.29, 1.82) is 0 Å². The van der Waals surface area contributed by atoms with Gasteiger partial charge in [-0.3, -0.25) is 0 Å². The Kier molecular flexibility index (Phi) is 7.53. The van der Waals surface area contributed by atoms with Crippen molar-refractivity contribution in [2.75, 3.05) is 0 Å². The molecule has 7 rings (SSSR count). The summed E-state index contributed by atoms with van der Waals surface area (Å²) in [4.78, 5) is 0.496. The second-order valence-corrected chi connectivity index (χ2v) is 14.9. The molecule has 0 aromatic heterocycles. The van der Waals surface area contributed by atoms with Gasteiger partial charge in [-0.1, -0.05) is 90.5 Å². The van der Waals surface area contributed by atoms with Crippen molar-refractivity contribution < 1.29 is 17.9 Å². The topological polar surface area (TPSA) is 52.6 Å². The average Bonchev–Trinajstić information content (AvgIpc) is 3.36. The van der Waals surface area contributed by atoms with E-state index in [1.54, 1.807) is 48.5 Å². The van der Waals surface area contributed by atoms with E-state index in [-0.39, 0.29) is 15.4 Å². The highest BCUT2D eigenvalue weighted by atomic mass is 32.2. The van der Waals surface area contributed by atoms with Crippen LogP contribution in [0.5, 0.6) is 17.2 Å². The van der Waals surface area contributed by atoms with Gasteiger partial charge >= 0.3 is 0 Å². The first-order valence-corrected chi connectivity index (χ1v) is 17.2. The summed E-state index contributed by atoms with van der Waals surface area (Å²) in [5.41, 5.74) is 7.33. The zero-order chi connectivity index (χ0) is 32.8. The van der Waals surface area contributed by atoms with Crippen molar-refractivity contribution in [2.45, 2.75) is 48.5 Å². The fourth-order valence-electron chi connectivity index (χ4n) is 6.60. The van der Waals surface area contributed by atoms with Gasteiger partial charge in [-0.25, -0.2) is 8.42 Å². The van der Waals surface area contributed by atoms with Crippen LogP contribution < -0.4 is 9.47 Å². The number of aryl methyl sites for hydroxylation is 1. The first-order chi connectivity index (χ1) is 22.6. The van der Waals surface area contributed by atoms with Gasteiger partial charge in [-0.15, -0.1) is 0 Å². The molecule has 47 heavy (non-hydrogen) atoms. The first kappa shape index (κ1) is 30.5. The molecule has 0 aliphatic heterocycles. The van der Waals surface area contributed by atoms with Gasteiger partial charge in [-0.2, -0.15) is 0 Å². The third-order valence-corrected chi connectivity index (χ3v) is 10.4. The number of hydrogen-bond donors (Lipinski definition) is 0. The lowest BCUT2D eigenvalue weighted by Gasteiger charge is -2.34. The van der Waals surface area contributed by atoms with Gasteiger partial charge in [0.25, 0.3) is 0 Å². The van der Waals surface area contributed by atoms with Crippen molar-refractivity contribution in [3.8, 4) is 28.4 Å². The third-order valence-electron chi connectivity index (χ3n) is 8.65. The van der Waals surface area contributed by atoms with Crippen LogP contribution in [0.25, 0.3) is 11.1 Å². The SMILES string of the molecule is Cc1ccc(S(=O)(=O)c2ccc(Oc3ccc(C4(c5ccc(OC(C)(C)C)cc5)c5ccccc5-c5ccccc54)cc3)cc2)cc1. The van der Waals surface area contributed by atoms with Gasteiger partial charge in [-0.05, 0) is 122 Å². The Morgan fingerprint density at radius 2 is 0.915 bits per heavy atom. The van der Waals surface area contributed by atoms with Crippen molar-refractivity contribution in [2.24, 2.45) is 0 Å². The molecular weight excluding hydrogens is 601 g/mol. The third kappa shape index (κ3) is 5.51. The van der Waals surface area contributed by atoms with Crippen LogP contribution in [0.4, 0.5) is 0 Å². The highest BCUT2D eigenvalue weighted by molar-refractivity contribution is 7.91. The van der Waals surface area contributed by atoms with Gasteiger partial charge in [0.2, 0.25) is 9.84 Å². The number of sulfone groups is 1. The van der Waals surface area contributed by atoms with E-state index >= 15 is 0 Å². The normalized spacial score (nSPS) is 13.4. The predicted molar refractivity (Wildman–Crippen MR) is 187 cm³/mol. The second kappa shape index (κ2) is 11.6. The smallest absolute Gasteiger partial charge is 0.206 e. The van der Waals surface area contributed by atoms with Crippen molar-refractivity contribution >= 4 is 9.84 Å². The Morgan fingerprint density at radius 1 is 0.511 bits per heavy atom. The molecule has 0 heterocycles. The van der Waals surface area contributed by atoms with Gasteiger partial charge in [0.15, 0.2) is 0 Å². The molecule has 1 aliphatic carbocycles. The zero-order valence-electron chi connectivity index (χ0n) is 26.9. The molecule has 234 valence electrons. The molecule has 0 unspecified atom stereocenters. The highest BCUT2D eigenvalue weighted by Gasteiger charge is 2.45. The number of hydrogen-bond acceptors (Lipinski definition) is 4. The summed E-state index contributed by atoms with van der Waals surface area (Å²) in [6.45, 7) is 8.09. The summed E-state index contributed by atoms with van der Waals surface area (Å²) >= 11 is 0. The molecule has 0 radical (unpaired) electrons. The van der Waals surface area contributed by atoms with Gasteiger partial charge < -0.3 is 9.47 Å². The van der Waals surface area contributed by atoms with Crippen LogP contribution in [0, 0.1) is 6.92 Å². The van der Waals surface area contributed by atoms with Crippen LogP contribution in [0.1, 0.15) is 48.6 Å². The summed E-state index contributed by atoms with van der Waals surface area (Å²) in [6, 6.07) is 47.4. The van der Waals surface area contributed by atoms with Gasteiger partial charge in [0.1, 0.15) is 22.8 Å². The minimum Gasteiger partial charge on any atom is -0.488 e. The quantitative estimate of drug-likeness (QED) is 0.175. The average molecular weight is 637 g/mol. The van der Waals surface area contributed by atoms with Crippen molar-refractivity contribution in [1.82, 2.24) is 0 Å². The number of fused-ring (bicyclic) bond motifs is 3. The Balaban J connectivity index is 1.24. The van der Waals surface area contributed by atoms with Crippen LogP contribution in [-0.2, 0) is 15.3 Å². The van der Waals surface area contributed by atoms with E-state index in [4.69, 9.17) is 9.47 Å². The molecule has 5 heteroatoms. The molecule has 6 aromatic carbocycles. The van der Waals surface area contributed by atoms with Crippen LogP contribution >= 0.6 is 0 Å². The molecule has 0 amide bonds. The van der Waals surface area contributed by atoms with Gasteiger partial charge in [0, 0.05) is 0 Å². The minimum absolute atomic E-state index is 0.225. The Hall–Kier alpha value is -5.13. The fraction of sp³-hybridized carbons (Fsp3) is 0.143. The van der Waals surface area contributed by atoms with Crippen LogP contribution in [0.15, 0.2) is 155 Å². The Labute approximate surface area is 277 Å². The molecular formula is C42H36O4S. The maximum atomic E-state index is 13.1. The largest absolute Gasteiger partial charge is 0.488 e. The minimum atomic E-state index is -3.62. The fourth-order valence-corrected chi connectivity index (χ4v) is 7.86. The van der Waals surface area contributed by atoms with Crippen LogP contribution in [-0.4, -0.2) is 14.0 Å². The Morgan fingerprint density at radius 3 is 1.38 bits per heavy atom. The summed E-state index contributed by atoms with van der Waals surface area (Å²) in [5.74, 6) is 2.05. The van der Waals surface area contributed by atoms with E-state index < -0.39 is 15.3 Å². The van der Waals surface area contributed by atoms with Crippen LogP contribution in [0.3, 0.4) is 0 Å². The lowest BCUT2D eigenvalue weighted by molar-refractivity contribution is 0.131. The predicted octanol–water partition coefficient (Wildman–Crippen LogP) is 10.2. The van der Waals surface area contributed by atoms with E-state index in [2.05, 4.69) is 106 Å². The molecule has 0 saturated carbocycles. The van der Waals surface area contributed by atoms with E-state index in [9.17, 15) is 8.42 Å². The highest BCUT2D eigenvalue weighted by Crippen LogP contribution is 2.56. The molecule has 1 aliphatic rings. The van der Waals surface area contributed by atoms with E-state index in [1.807, 2.05) is 19.1 Å². The molecule has 0 saturated heterocycles. The van der Waals surface area contributed by atoms with E-state index in [0.717, 1.165) is 22.4 Å². The Bertz CT molecular complexity index is 2110. The molecule has 0 atom stereocenters. The number of rotatable bonds is 7. The lowest BCUT2D eigenvalue weighted by atomic mass is 9.68. The first-order valence-electron chi connectivity index (χ1n) is 15.7. The zero-order valence-corrected chi connectivity index (χ0v) is 27.7. The van der Waals surface area contributed by atoms with Gasteiger partial charge in [0.05, 0.1) is 15.2 Å². The molecule has 6 aromatic rings. The maximum absolute atomic E-state index is 13.1. The summed E-state index contributed by atoms with van der Waals surface area (Å²) in [7, 11) is -3.62. The van der Waals surface area contributed by atoms with Crippen LogP contribution in [0.2, 0.25) is 0 Å². The summed E-state index contributed by atoms with van der Waals surface area (Å²) in [6.07, 6.45) is 0. The molecule has 0 bridgehead atoms. The van der Waals surface area contributed by atoms with Crippen molar-refractivity contribution in [3.63, 3.8) is 0 Å². The second-order valence-electron chi connectivity index (χ2n) is 13.0. The molecule has 0 spiro atoms. The lowest BCUT2D eigenvalue weighted by Crippen LogP contribution is -2.28. The molecule has 4 nitrogen and oxygen atoms in total. The maximum Gasteiger partial charge on any atom is 0.206 e. The summed E-state index contributed by atoms with van der Waals surface area (Å²) < 4.78 is 38.7. The molecule has 0 N–H and O–H groups in total. The molecule has 0 fully saturated rings. The van der Waals surface area contributed by atoms with Crippen molar-refractivity contribution in [3.05, 3.63) is 173 Å². The number of benzene rings is 6. The standard InChI is InChI=1S/C42H36O4S/c1-29-13-25-35(26-14-29)47(43,44)36-27-23-33(24-28-36)45-32-19-15-30(16-20-32)42(31-17-21-34(22-18-31)46-41(2,3)4)39-11-7-5-9-37(39)38-10-6-8-12-40(38)42/h5-28H,1-4H3. The van der Waals surface area contributed by atoms with E-state index in [1.165, 1.54) is 22.3 Å². The summed E-state index contributed by atoms with van der Waals surface area (Å²) in [5, 5.41) is 0. The monoisotopic (exact) mass is 636 g/mol. The number of ether oxygens (including phenoxy) is 2.